The van der Waals surface area contributed by atoms with Gasteiger partial charge in [-0.25, -0.2) is 8.42 Å². The molecule has 57 heavy (non-hydrogen) atoms. The summed E-state index contributed by atoms with van der Waals surface area (Å²) in [6, 6.07) is 18.7. The van der Waals surface area contributed by atoms with Crippen LogP contribution in [0.1, 0.15) is 15.9 Å². The standard InChI is InChI=1S/C32H23N7O12S3.3Na/c1-39-23-9-8-20(28-27(23)19(14-26(39)40)17-4-2-3-5-18(17)29(28)41)34-21-12-15(6-10-24(21)52-50-48-43)33-30-36-31(38-32(42)37-30)35-22-13-16(54(45,46)47)7-11-25(22)53-51-49-44;;;/h2-14,34,43-44H,1H3,(H,45,46,47)(H3,33,35,36,37,38,42);;;/q;3*+1/p-3. The molecular weight excluding hydrogens is 840 g/mol. The van der Waals surface area contributed by atoms with Gasteiger partial charge in [0.2, 0.25) is 11.9 Å². The molecule has 6 aromatic rings. The predicted octanol–water partition coefficient (Wildman–Crippen LogP) is -5.75. The van der Waals surface area contributed by atoms with Gasteiger partial charge in [0.15, 0.2) is 5.78 Å². The zero-order chi connectivity index (χ0) is 38.1. The molecule has 0 radical (unpaired) electrons. The third kappa shape index (κ3) is 10.2. The number of aromatic nitrogens is 4. The SMILES string of the molecule is Cn1c(=O)cc2c3c(c(Nc4cc(Nc5nc(O)nc(Nc6cc(S(=O)(=O)[O-])ccc6SOO[O-])n5)ccc4SOO[O-])ccc31)C(=O)c1ccccc1-2.[Na+].[Na+].[Na+]. The summed E-state index contributed by atoms with van der Waals surface area (Å²) in [6.07, 6.45) is 0. The van der Waals surface area contributed by atoms with Gasteiger partial charge in [0.1, 0.15) is 10.1 Å². The van der Waals surface area contributed by atoms with Crippen molar-refractivity contribution in [3.63, 3.8) is 0 Å². The van der Waals surface area contributed by atoms with Gasteiger partial charge >= 0.3 is 94.7 Å². The number of carbonyl (C=O) groups excluding carboxylic acids is 1. The van der Waals surface area contributed by atoms with Gasteiger partial charge in [-0.1, -0.05) is 24.3 Å². The Bertz CT molecular complexity index is 2660. The van der Waals surface area contributed by atoms with Crippen LogP contribution in [0.25, 0.3) is 22.0 Å². The van der Waals surface area contributed by atoms with Crippen molar-refractivity contribution in [2.45, 2.75) is 14.7 Å². The molecule has 7 rings (SSSR count). The van der Waals surface area contributed by atoms with Crippen LogP contribution in [0.3, 0.4) is 0 Å². The Morgan fingerprint density at radius 1 is 0.719 bits per heavy atom. The summed E-state index contributed by atoms with van der Waals surface area (Å²) in [5, 5.41) is 47.7. The summed E-state index contributed by atoms with van der Waals surface area (Å²) >= 11 is 0.957. The van der Waals surface area contributed by atoms with Crippen molar-refractivity contribution in [3.8, 4) is 17.1 Å². The number of nitrogens with one attached hydrogen (secondary N) is 3. The molecule has 0 saturated carbocycles. The number of carbonyl (C=O) groups is 1. The number of nitrogens with zero attached hydrogens (tertiary/aromatic N) is 4. The Morgan fingerprint density at radius 3 is 1.98 bits per heavy atom. The van der Waals surface area contributed by atoms with Crippen LogP contribution in [0.4, 0.5) is 34.6 Å². The monoisotopic (exact) mass is 859 g/mol. The van der Waals surface area contributed by atoms with Gasteiger partial charge in [-0.2, -0.15) is 23.6 Å². The molecule has 25 heteroatoms. The third-order valence-corrected chi connectivity index (χ3v) is 10.2. The van der Waals surface area contributed by atoms with Crippen LogP contribution in [0, 0.1) is 0 Å². The summed E-state index contributed by atoms with van der Waals surface area (Å²) < 4.78 is 45.3. The van der Waals surface area contributed by atoms with E-state index in [1.807, 2.05) is 0 Å². The van der Waals surface area contributed by atoms with E-state index in [0.29, 0.717) is 79.2 Å². The first-order valence-corrected chi connectivity index (χ1v) is 17.9. The molecule has 0 spiro atoms. The molecule has 0 unspecified atom stereocenters. The van der Waals surface area contributed by atoms with Crippen molar-refractivity contribution in [3.05, 3.63) is 100 Å². The van der Waals surface area contributed by atoms with E-state index < -0.39 is 21.0 Å². The predicted molar refractivity (Wildman–Crippen MR) is 186 cm³/mol. The maximum absolute atomic E-state index is 14.0. The quantitative estimate of drug-likeness (QED) is 0.0276. The molecule has 19 nitrogen and oxygen atoms in total. The van der Waals surface area contributed by atoms with Crippen molar-refractivity contribution in [2.24, 2.45) is 7.05 Å². The molecule has 276 valence electrons. The third-order valence-electron chi connectivity index (χ3n) is 8.02. The van der Waals surface area contributed by atoms with Gasteiger partial charge in [-0.15, -0.1) is 0 Å². The first-order valence-electron chi connectivity index (χ1n) is 15.0. The Hall–Kier alpha value is -2.66. The minimum absolute atomic E-state index is 0. The van der Waals surface area contributed by atoms with Crippen molar-refractivity contribution < 1.29 is 141 Å². The number of aromatic hydroxyl groups is 1. The minimum atomic E-state index is -4.90. The number of hydrogen-bond donors (Lipinski definition) is 4. The summed E-state index contributed by atoms with van der Waals surface area (Å²) in [7, 11) is -3.30. The smallest absolute Gasteiger partial charge is 0.744 e. The molecule has 0 aliphatic heterocycles. The number of pyridine rings is 1. The van der Waals surface area contributed by atoms with E-state index in [9.17, 15) is 38.2 Å². The molecule has 4 N–H and O–H groups in total. The van der Waals surface area contributed by atoms with E-state index in [1.165, 1.54) is 22.8 Å². The zero-order valence-electron chi connectivity index (χ0n) is 30.0. The summed E-state index contributed by atoms with van der Waals surface area (Å²) in [4.78, 5) is 38.6. The van der Waals surface area contributed by atoms with E-state index >= 15 is 0 Å². The molecule has 0 fully saturated rings. The second-order valence-corrected chi connectivity index (χ2v) is 14.0. The van der Waals surface area contributed by atoms with Crippen LogP contribution in [-0.4, -0.2) is 43.4 Å². The van der Waals surface area contributed by atoms with Crippen molar-refractivity contribution in [1.29, 1.82) is 0 Å². The van der Waals surface area contributed by atoms with Gasteiger partial charge in [0, 0.05) is 29.8 Å². The Morgan fingerprint density at radius 2 is 1.33 bits per heavy atom. The second-order valence-electron chi connectivity index (χ2n) is 11.1. The average Bonchev–Trinajstić information content (AvgIpc) is 3.14. The molecule has 1 aliphatic rings. The first kappa shape index (κ1) is 47.0. The Kier molecular flexibility index (Phi) is 16.6. The molecule has 0 bridgehead atoms. The van der Waals surface area contributed by atoms with Crippen molar-refractivity contribution in [2.75, 3.05) is 16.0 Å². The molecular formula is C32H20N7Na3O12S3. The first-order chi connectivity index (χ1) is 25.9. The van der Waals surface area contributed by atoms with E-state index in [2.05, 4.69) is 49.6 Å². The Labute approximate surface area is 396 Å². The van der Waals surface area contributed by atoms with Crippen LogP contribution in [0.15, 0.2) is 98.3 Å². The van der Waals surface area contributed by atoms with Crippen LogP contribution >= 0.6 is 24.1 Å². The molecule has 1 aliphatic carbocycles. The Balaban J connectivity index is 0.00000240. The largest absolute Gasteiger partial charge is 1.00 e. The fourth-order valence-electron chi connectivity index (χ4n) is 5.74. The maximum Gasteiger partial charge on any atom is 1.00 e. The van der Waals surface area contributed by atoms with E-state index in [-0.39, 0.29) is 122 Å². The number of ketones is 1. The number of anilines is 6. The maximum atomic E-state index is 14.0. The van der Waals surface area contributed by atoms with Gasteiger partial charge < -0.3 is 40.7 Å². The number of aryl methyl sites for hydroxylation is 1. The molecule has 2 aromatic heterocycles. The van der Waals surface area contributed by atoms with Crippen molar-refractivity contribution >= 4 is 85.5 Å². The molecule has 0 saturated heterocycles. The van der Waals surface area contributed by atoms with E-state index in [0.717, 1.165) is 18.2 Å². The number of rotatable bonds is 13. The summed E-state index contributed by atoms with van der Waals surface area (Å²) in [5.74, 6) is -0.851. The van der Waals surface area contributed by atoms with Crippen LogP contribution in [0.2, 0.25) is 0 Å². The topological polar surface area (TPSA) is 274 Å². The van der Waals surface area contributed by atoms with Crippen molar-refractivity contribution in [1.82, 2.24) is 19.5 Å². The summed E-state index contributed by atoms with van der Waals surface area (Å²) in [5.41, 5.74) is 3.03. The van der Waals surface area contributed by atoms with Crippen LogP contribution < -0.4 is 121 Å². The van der Waals surface area contributed by atoms with Crippen LogP contribution in [-0.2, 0) is 35.9 Å². The number of benzene rings is 4. The number of hydrogen-bond acceptors (Lipinski definition) is 20. The fourth-order valence-corrected chi connectivity index (χ4v) is 7.09. The van der Waals surface area contributed by atoms with E-state index in [4.69, 9.17) is 0 Å². The number of fused-ring (bicyclic) bond motifs is 2. The van der Waals surface area contributed by atoms with E-state index in [1.54, 1.807) is 49.5 Å². The molecule has 4 aromatic carbocycles. The van der Waals surface area contributed by atoms with Crippen LogP contribution in [0.5, 0.6) is 6.01 Å². The van der Waals surface area contributed by atoms with Gasteiger partial charge in [-0.3, -0.25) is 19.7 Å². The molecule has 2 heterocycles. The van der Waals surface area contributed by atoms with Gasteiger partial charge in [0.05, 0.1) is 66.9 Å². The fraction of sp³-hybridized carbons (Fsp3) is 0.0312. The zero-order valence-corrected chi connectivity index (χ0v) is 38.4. The molecule has 0 atom stereocenters. The minimum Gasteiger partial charge on any atom is -0.744 e. The average molecular weight is 860 g/mol. The summed E-state index contributed by atoms with van der Waals surface area (Å²) in [6.45, 7) is 0. The van der Waals surface area contributed by atoms with Gasteiger partial charge in [-0.05, 0) is 59.7 Å². The molecule has 0 amide bonds. The second kappa shape index (κ2) is 20.1. The normalized spacial score (nSPS) is 11.5. The van der Waals surface area contributed by atoms with Gasteiger partial charge in [0.25, 0.3) is 5.56 Å².